The van der Waals surface area contributed by atoms with E-state index in [1.165, 1.54) is 10.4 Å². The van der Waals surface area contributed by atoms with Crippen molar-refractivity contribution in [1.29, 1.82) is 0 Å². The second-order valence-corrected chi connectivity index (χ2v) is 9.47. The van der Waals surface area contributed by atoms with Gasteiger partial charge in [0.25, 0.3) is 5.56 Å². The highest BCUT2D eigenvalue weighted by Crippen LogP contribution is 2.29. The molecule has 4 rings (SSSR count). The number of aromatic nitrogens is 5. The summed E-state index contributed by atoms with van der Waals surface area (Å²) in [7, 11) is 1.67. The van der Waals surface area contributed by atoms with E-state index in [-0.39, 0.29) is 11.6 Å². The van der Waals surface area contributed by atoms with Crippen LogP contribution < -0.4 is 5.56 Å². The molecule has 3 heterocycles. The Balaban J connectivity index is 1.72. The lowest BCUT2D eigenvalue weighted by Gasteiger charge is -2.30. The lowest BCUT2D eigenvalue weighted by molar-refractivity contribution is 0.148. The summed E-state index contributed by atoms with van der Waals surface area (Å²) in [6, 6.07) is 12.4. The Hall–Kier alpha value is -2.88. The summed E-state index contributed by atoms with van der Waals surface area (Å²) in [6.07, 6.45) is 2.80. The van der Waals surface area contributed by atoms with E-state index in [1.807, 2.05) is 16.8 Å². The first-order valence-corrected chi connectivity index (χ1v) is 12.7. The van der Waals surface area contributed by atoms with Crippen LogP contribution in [0.15, 0.2) is 46.6 Å². The predicted molar refractivity (Wildman–Crippen MR) is 135 cm³/mol. The molecule has 0 aliphatic rings. The van der Waals surface area contributed by atoms with E-state index < -0.39 is 0 Å². The molecule has 4 aromatic rings. The molecule has 0 saturated heterocycles. The minimum atomic E-state index is -0.0536. The quantitative estimate of drug-likeness (QED) is 0.325. The highest BCUT2D eigenvalue weighted by Gasteiger charge is 2.27. The van der Waals surface area contributed by atoms with Gasteiger partial charge in [-0.2, -0.15) is 0 Å². The van der Waals surface area contributed by atoms with Gasteiger partial charge in [0.2, 0.25) is 0 Å². The number of H-pyrrole nitrogens is 1. The molecule has 9 heteroatoms. The zero-order valence-electron chi connectivity index (χ0n) is 20.0. The lowest BCUT2D eigenvalue weighted by Crippen LogP contribution is -2.32. The number of ether oxygens (including phenoxy) is 1. The number of rotatable bonds is 12. The van der Waals surface area contributed by atoms with Crippen LogP contribution in [0, 0.1) is 0 Å². The first-order chi connectivity index (χ1) is 16.6. The number of methoxy groups -OCH3 is 1. The minimum Gasteiger partial charge on any atom is -0.383 e. The lowest BCUT2D eigenvalue weighted by atomic mass is 10.1. The Bertz CT molecular complexity index is 1250. The number of fused-ring (bicyclic) bond motifs is 1. The van der Waals surface area contributed by atoms with Crippen LogP contribution in [0.2, 0.25) is 0 Å². The van der Waals surface area contributed by atoms with Gasteiger partial charge < -0.3 is 9.72 Å². The van der Waals surface area contributed by atoms with E-state index in [2.05, 4.69) is 68.9 Å². The average molecular weight is 481 g/mol. The van der Waals surface area contributed by atoms with E-state index in [1.54, 1.807) is 18.4 Å². The molecule has 0 aliphatic heterocycles. The number of benzene rings is 1. The molecule has 34 heavy (non-hydrogen) atoms. The third kappa shape index (κ3) is 5.60. The standard InChI is InChI=1S/C25H32N6O2S/c1-4-7-23(24-27-28-29-31(24)11-12-33-3)30(17-21-8-6-13-34-21)16-20-15-19-14-18(5-2)9-10-22(19)26-25(20)32/h6,8-10,13-15,23H,4-5,7,11-12,16-17H2,1-3H3,(H,26,32)/t23-/m1/s1. The number of hydrogen-bond donors (Lipinski definition) is 1. The van der Waals surface area contributed by atoms with Crippen LogP contribution >= 0.6 is 11.3 Å². The van der Waals surface area contributed by atoms with Crippen molar-refractivity contribution in [2.45, 2.75) is 58.8 Å². The second kappa shape index (κ2) is 11.5. The van der Waals surface area contributed by atoms with E-state index in [0.717, 1.165) is 41.6 Å². The Labute approximate surface area is 203 Å². The summed E-state index contributed by atoms with van der Waals surface area (Å²) in [5.41, 5.74) is 2.81. The fourth-order valence-electron chi connectivity index (χ4n) is 4.27. The first-order valence-electron chi connectivity index (χ1n) is 11.8. The van der Waals surface area contributed by atoms with Gasteiger partial charge in [0.15, 0.2) is 5.82 Å². The molecule has 180 valence electrons. The van der Waals surface area contributed by atoms with E-state index >= 15 is 0 Å². The smallest absolute Gasteiger partial charge is 0.252 e. The molecule has 1 aromatic carbocycles. The monoisotopic (exact) mass is 480 g/mol. The summed E-state index contributed by atoms with van der Waals surface area (Å²) >= 11 is 1.72. The van der Waals surface area contributed by atoms with Gasteiger partial charge in [0.05, 0.1) is 19.2 Å². The zero-order valence-corrected chi connectivity index (χ0v) is 20.8. The van der Waals surface area contributed by atoms with Crippen molar-refractivity contribution in [1.82, 2.24) is 30.1 Å². The van der Waals surface area contributed by atoms with Gasteiger partial charge in [0, 0.05) is 36.2 Å². The molecule has 0 aliphatic carbocycles. The number of aryl methyl sites for hydroxylation is 1. The molecular formula is C25H32N6O2S. The van der Waals surface area contributed by atoms with Crippen LogP contribution in [0.5, 0.6) is 0 Å². The molecule has 0 amide bonds. The Morgan fingerprint density at radius 1 is 1.21 bits per heavy atom. The fourth-order valence-corrected chi connectivity index (χ4v) is 5.00. The van der Waals surface area contributed by atoms with Gasteiger partial charge in [-0.25, -0.2) is 4.68 Å². The van der Waals surface area contributed by atoms with E-state index in [9.17, 15) is 4.79 Å². The number of nitrogens with one attached hydrogen (secondary N) is 1. The zero-order chi connectivity index (χ0) is 23.9. The van der Waals surface area contributed by atoms with E-state index in [4.69, 9.17) is 4.74 Å². The van der Waals surface area contributed by atoms with Crippen molar-refractivity contribution in [3.8, 4) is 0 Å². The summed E-state index contributed by atoms with van der Waals surface area (Å²) in [4.78, 5) is 19.7. The average Bonchev–Trinajstić information content (AvgIpc) is 3.53. The number of thiophene rings is 1. The maximum atomic E-state index is 13.1. The molecule has 1 N–H and O–H groups in total. The van der Waals surface area contributed by atoms with Gasteiger partial charge in [-0.1, -0.05) is 32.4 Å². The minimum absolute atomic E-state index is 0.0315. The highest BCUT2D eigenvalue weighted by molar-refractivity contribution is 7.09. The Morgan fingerprint density at radius 3 is 2.82 bits per heavy atom. The highest BCUT2D eigenvalue weighted by atomic mass is 32.1. The van der Waals surface area contributed by atoms with Crippen LogP contribution in [0.1, 0.15) is 54.6 Å². The van der Waals surface area contributed by atoms with Crippen LogP contribution in [-0.2, 0) is 30.8 Å². The molecule has 3 aromatic heterocycles. The van der Waals surface area contributed by atoms with Crippen molar-refractivity contribution in [2.24, 2.45) is 0 Å². The molecule has 0 fully saturated rings. The summed E-state index contributed by atoms with van der Waals surface area (Å²) in [6.45, 7) is 6.63. The summed E-state index contributed by atoms with van der Waals surface area (Å²) < 4.78 is 7.08. The van der Waals surface area contributed by atoms with Gasteiger partial charge in [-0.05, 0) is 63.9 Å². The van der Waals surface area contributed by atoms with Crippen LogP contribution in [0.4, 0.5) is 0 Å². The fraction of sp³-hybridized carbons (Fsp3) is 0.440. The van der Waals surface area contributed by atoms with Crippen molar-refractivity contribution in [2.75, 3.05) is 13.7 Å². The molecular weight excluding hydrogens is 448 g/mol. The largest absolute Gasteiger partial charge is 0.383 e. The van der Waals surface area contributed by atoms with Crippen molar-refractivity contribution >= 4 is 22.2 Å². The molecule has 1 atom stereocenters. The number of hydrogen-bond acceptors (Lipinski definition) is 7. The van der Waals surface area contributed by atoms with E-state index in [0.29, 0.717) is 26.2 Å². The number of pyridine rings is 1. The van der Waals surface area contributed by atoms with Gasteiger partial charge in [0.1, 0.15) is 0 Å². The predicted octanol–water partition coefficient (Wildman–Crippen LogP) is 4.33. The Kier molecular flexibility index (Phi) is 8.21. The summed E-state index contributed by atoms with van der Waals surface area (Å²) in [5.74, 6) is 0.806. The van der Waals surface area contributed by atoms with Gasteiger partial charge in [-0.15, -0.1) is 16.4 Å². The summed E-state index contributed by atoms with van der Waals surface area (Å²) in [5, 5.41) is 15.7. The van der Waals surface area contributed by atoms with Crippen LogP contribution in [-0.4, -0.2) is 43.8 Å². The van der Waals surface area contributed by atoms with Crippen LogP contribution in [0.25, 0.3) is 10.9 Å². The SMILES string of the molecule is CCC[C@H](c1nnnn1CCOC)N(Cc1cccs1)Cc1cc2cc(CC)ccc2[nH]c1=O. The van der Waals surface area contributed by atoms with Crippen molar-refractivity contribution < 1.29 is 4.74 Å². The molecule has 8 nitrogen and oxygen atoms in total. The second-order valence-electron chi connectivity index (χ2n) is 8.44. The molecule has 0 saturated carbocycles. The Morgan fingerprint density at radius 2 is 2.09 bits per heavy atom. The number of aromatic amines is 1. The number of nitrogens with zero attached hydrogens (tertiary/aromatic N) is 5. The molecule has 0 radical (unpaired) electrons. The normalized spacial score (nSPS) is 12.6. The number of tetrazole rings is 1. The maximum Gasteiger partial charge on any atom is 0.252 e. The van der Waals surface area contributed by atoms with Gasteiger partial charge in [-0.3, -0.25) is 9.69 Å². The third-order valence-electron chi connectivity index (χ3n) is 6.07. The molecule has 0 unspecified atom stereocenters. The first kappa shape index (κ1) is 24.3. The molecule has 0 bridgehead atoms. The molecule has 0 spiro atoms. The van der Waals surface area contributed by atoms with Crippen molar-refractivity contribution in [3.63, 3.8) is 0 Å². The van der Waals surface area contributed by atoms with Gasteiger partial charge >= 0.3 is 0 Å². The third-order valence-corrected chi connectivity index (χ3v) is 6.94. The van der Waals surface area contributed by atoms with Crippen molar-refractivity contribution in [3.05, 3.63) is 74.0 Å². The topological polar surface area (TPSA) is 88.9 Å². The maximum absolute atomic E-state index is 13.1. The van der Waals surface area contributed by atoms with Crippen LogP contribution in [0.3, 0.4) is 0 Å².